The summed E-state index contributed by atoms with van der Waals surface area (Å²) in [6.07, 6.45) is 0.298. The molecule has 0 saturated carbocycles. The van der Waals surface area contributed by atoms with Gasteiger partial charge in [0.05, 0.1) is 34.3 Å². The minimum atomic E-state index is -1.95. The Morgan fingerprint density at radius 2 is 1.56 bits per heavy atom. The third kappa shape index (κ3) is 9.53. The number of hydrogen-bond acceptors (Lipinski definition) is 9. The van der Waals surface area contributed by atoms with E-state index in [9.17, 15) is 14.4 Å². The molecule has 2 aliphatic heterocycles. The van der Waals surface area contributed by atoms with Gasteiger partial charge in [0.1, 0.15) is 18.8 Å². The van der Waals surface area contributed by atoms with Gasteiger partial charge >= 0.3 is 18.2 Å². The van der Waals surface area contributed by atoms with Gasteiger partial charge in [0, 0.05) is 25.4 Å². The third-order valence-electron chi connectivity index (χ3n) is 7.84. The van der Waals surface area contributed by atoms with E-state index in [1.807, 2.05) is 6.92 Å². The van der Waals surface area contributed by atoms with E-state index in [0.717, 1.165) is 5.56 Å². The molecule has 50 heavy (non-hydrogen) atoms. The molecule has 1 aromatic carbocycles. The number of hydrogen-bond donors (Lipinski definition) is 0. The fraction of sp³-hybridized carbons (Fsp3) is 0.529. The molecule has 274 valence electrons. The van der Waals surface area contributed by atoms with Crippen molar-refractivity contribution in [2.24, 2.45) is 0 Å². The maximum atomic E-state index is 13.8. The van der Waals surface area contributed by atoms with Crippen molar-refractivity contribution >= 4 is 81.7 Å². The number of benzene rings is 1. The number of piperazine rings is 1. The van der Waals surface area contributed by atoms with Crippen LogP contribution in [0.3, 0.4) is 0 Å². The number of aryl methyl sites for hydroxylation is 1. The van der Waals surface area contributed by atoms with Crippen LogP contribution in [-0.4, -0.2) is 92.9 Å². The van der Waals surface area contributed by atoms with Crippen molar-refractivity contribution < 1.29 is 38.1 Å². The first-order chi connectivity index (χ1) is 23.2. The van der Waals surface area contributed by atoms with E-state index in [2.05, 4.69) is 4.98 Å². The predicted molar refractivity (Wildman–Crippen MR) is 193 cm³/mol. The molecule has 3 heterocycles. The molecular weight excluding hydrogens is 756 g/mol. The van der Waals surface area contributed by atoms with E-state index in [1.54, 1.807) is 58.2 Å². The highest BCUT2D eigenvalue weighted by Crippen LogP contribution is 2.43. The van der Waals surface area contributed by atoms with Gasteiger partial charge in [0.15, 0.2) is 11.4 Å². The number of alkyl halides is 3. The first-order valence-electron chi connectivity index (χ1n) is 15.9. The number of halogens is 5. The summed E-state index contributed by atoms with van der Waals surface area (Å²) in [7, 11) is 0. The highest BCUT2D eigenvalue weighted by Gasteiger charge is 2.52. The minimum Gasteiger partial charge on any atom is -0.487 e. The van der Waals surface area contributed by atoms with Gasteiger partial charge < -0.3 is 28.6 Å². The van der Waals surface area contributed by atoms with Crippen molar-refractivity contribution in [3.63, 3.8) is 0 Å². The molecule has 0 N–H and O–H groups in total. The lowest BCUT2D eigenvalue weighted by Gasteiger charge is -2.50. The zero-order chi connectivity index (χ0) is 37.2. The molecule has 11 nitrogen and oxygen atoms in total. The van der Waals surface area contributed by atoms with Crippen LogP contribution in [0.1, 0.15) is 59.1 Å². The van der Waals surface area contributed by atoms with Crippen LogP contribution < -0.4 is 9.47 Å². The maximum absolute atomic E-state index is 13.8. The quantitative estimate of drug-likeness (QED) is 0.107. The lowest BCUT2D eigenvalue weighted by molar-refractivity contribution is -0.140. The van der Waals surface area contributed by atoms with Crippen molar-refractivity contribution in [1.29, 1.82) is 0 Å². The number of rotatable bonds is 9. The van der Waals surface area contributed by atoms with E-state index in [-0.39, 0.29) is 44.9 Å². The normalized spacial score (nSPS) is 18.1. The Morgan fingerprint density at radius 3 is 2.12 bits per heavy atom. The second-order valence-electron chi connectivity index (χ2n) is 13.3. The van der Waals surface area contributed by atoms with Gasteiger partial charge in [-0.1, -0.05) is 58.0 Å². The minimum absolute atomic E-state index is 0.0679. The van der Waals surface area contributed by atoms with Crippen LogP contribution in [-0.2, 0) is 19.0 Å². The fourth-order valence-electron chi connectivity index (χ4n) is 5.49. The number of aromatic nitrogens is 1. The monoisotopic (exact) mass is 793 g/mol. The molecule has 0 radical (unpaired) electrons. The Balaban J connectivity index is 1.63. The predicted octanol–water partition coefficient (Wildman–Crippen LogP) is 8.45. The van der Waals surface area contributed by atoms with Crippen molar-refractivity contribution in [3.8, 4) is 11.6 Å². The smallest absolute Gasteiger partial charge is 0.411 e. The molecule has 1 aromatic heterocycles. The summed E-state index contributed by atoms with van der Waals surface area (Å²) >= 11 is 30.9. The SMILES string of the molecule is CCOC(=O)C1=C(c2ccc(OCCOc3c(Cl)cc(C)cc3Cl)nc2)CC2CN(C(=O)OC(C)(C)C)CC1N2C(=O)OC(C)(C)C(Cl)(Cl)Cl. The molecule has 4 rings (SSSR count). The Morgan fingerprint density at radius 1 is 0.920 bits per heavy atom. The second-order valence-corrected chi connectivity index (χ2v) is 16.4. The lowest BCUT2D eigenvalue weighted by atomic mass is 9.82. The maximum Gasteiger partial charge on any atom is 0.411 e. The van der Waals surface area contributed by atoms with Crippen LogP contribution >= 0.6 is 58.0 Å². The average Bonchev–Trinajstić information content (AvgIpc) is 2.98. The van der Waals surface area contributed by atoms with E-state index < -0.39 is 45.2 Å². The summed E-state index contributed by atoms with van der Waals surface area (Å²) in [6.45, 7) is 12.1. The fourth-order valence-corrected chi connectivity index (χ4v) is 6.31. The number of carbonyl (C=O) groups excluding carboxylic acids is 3. The van der Waals surface area contributed by atoms with Gasteiger partial charge in [-0.15, -0.1) is 0 Å². The zero-order valence-electron chi connectivity index (χ0n) is 28.8. The van der Waals surface area contributed by atoms with Crippen molar-refractivity contribution in [2.45, 2.75) is 82.0 Å². The molecule has 16 heteroatoms. The number of ether oxygens (including phenoxy) is 5. The Labute approximate surface area is 316 Å². The van der Waals surface area contributed by atoms with Crippen LogP contribution in [0.2, 0.25) is 10.0 Å². The zero-order valence-corrected chi connectivity index (χ0v) is 32.6. The number of amides is 2. The molecule has 1 saturated heterocycles. The highest BCUT2D eigenvalue weighted by molar-refractivity contribution is 6.68. The van der Waals surface area contributed by atoms with Gasteiger partial charge in [-0.25, -0.2) is 19.4 Å². The number of nitrogens with zero attached hydrogens (tertiary/aromatic N) is 3. The number of fused-ring (bicyclic) bond motifs is 2. The number of esters is 1. The van der Waals surface area contributed by atoms with Crippen LogP contribution in [0.25, 0.3) is 5.57 Å². The molecule has 2 aromatic rings. The van der Waals surface area contributed by atoms with Crippen LogP contribution in [0.15, 0.2) is 36.0 Å². The van der Waals surface area contributed by atoms with Gasteiger partial charge in [0.2, 0.25) is 9.67 Å². The van der Waals surface area contributed by atoms with E-state index in [1.165, 1.54) is 23.6 Å². The van der Waals surface area contributed by atoms with Crippen LogP contribution in [0.5, 0.6) is 11.6 Å². The van der Waals surface area contributed by atoms with Crippen LogP contribution in [0, 0.1) is 6.92 Å². The topological polar surface area (TPSA) is 117 Å². The van der Waals surface area contributed by atoms with E-state index >= 15 is 0 Å². The number of carbonyl (C=O) groups is 3. The van der Waals surface area contributed by atoms with Gasteiger partial charge in [-0.05, 0) is 89.8 Å². The van der Waals surface area contributed by atoms with E-state index in [0.29, 0.717) is 32.8 Å². The Bertz CT molecular complexity index is 1600. The summed E-state index contributed by atoms with van der Waals surface area (Å²) in [6, 6.07) is 5.28. The first kappa shape index (κ1) is 39.9. The standard InChI is InChI=1S/C34H40Cl5N3O8/c1-8-46-29(43)27-22(20-9-10-26(40-16-20)47-11-12-48-28-23(35)13-19(2)14-24(28)36)15-21-17-41(30(44)49-32(3,4)5)18-25(27)42(21)31(45)50-33(6,7)34(37,38)39/h9-10,13-14,16,21,25H,8,11-12,15,17-18H2,1-7H3. The molecule has 2 aliphatic rings. The first-order valence-corrected chi connectivity index (χ1v) is 17.7. The summed E-state index contributed by atoms with van der Waals surface area (Å²) in [5.41, 5.74) is -0.0400. The molecule has 2 atom stereocenters. The van der Waals surface area contributed by atoms with Crippen LogP contribution in [0.4, 0.5) is 9.59 Å². The molecule has 1 fully saturated rings. The summed E-state index contributed by atoms with van der Waals surface area (Å²) in [4.78, 5) is 48.1. The summed E-state index contributed by atoms with van der Waals surface area (Å²) < 4.78 is 26.4. The average molecular weight is 796 g/mol. The molecule has 2 unspecified atom stereocenters. The Kier molecular flexibility index (Phi) is 12.6. The molecule has 2 amide bonds. The van der Waals surface area contributed by atoms with Gasteiger partial charge in [0.25, 0.3) is 0 Å². The van der Waals surface area contributed by atoms with Crippen molar-refractivity contribution in [1.82, 2.24) is 14.8 Å². The van der Waals surface area contributed by atoms with E-state index in [4.69, 9.17) is 81.7 Å². The Hall–Kier alpha value is -2.83. The third-order valence-corrected chi connectivity index (χ3v) is 9.77. The summed E-state index contributed by atoms with van der Waals surface area (Å²) in [5, 5.41) is 0.797. The van der Waals surface area contributed by atoms with Crippen molar-refractivity contribution in [2.75, 3.05) is 32.9 Å². The van der Waals surface area contributed by atoms with Crippen molar-refractivity contribution in [3.05, 3.63) is 57.2 Å². The lowest BCUT2D eigenvalue weighted by Crippen LogP contribution is -2.66. The molecule has 0 spiro atoms. The molecular formula is C34H40Cl5N3O8. The molecule has 0 aliphatic carbocycles. The molecule has 2 bridgehead atoms. The second kappa shape index (κ2) is 15.8. The largest absolute Gasteiger partial charge is 0.487 e. The van der Waals surface area contributed by atoms with Gasteiger partial charge in [-0.2, -0.15) is 0 Å². The summed E-state index contributed by atoms with van der Waals surface area (Å²) in [5.74, 6) is 0.00967. The highest BCUT2D eigenvalue weighted by atomic mass is 35.6. The van der Waals surface area contributed by atoms with Gasteiger partial charge in [-0.3, -0.25) is 4.90 Å². The number of pyridine rings is 1.